The molecule has 1 N–H and O–H groups in total. The monoisotopic (exact) mass is 333 g/mol. The molecule has 0 saturated carbocycles. The van der Waals surface area contributed by atoms with Gasteiger partial charge in [0.05, 0.1) is 24.7 Å². The lowest BCUT2D eigenvalue weighted by Crippen LogP contribution is -2.41. The molecular weight excluding hydrogens is 309 g/mol. The molecule has 1 amide bonds. The van der Waals surface area contributed by atoms with Gasteiger partial charge in [0, 0.05) is 12.1 Å². The van der Waals surface area contributed by atoms with Gasteiger partial charge in [0.25, 0.3) is 0 Å². The van der Waals surface area contributed by atoms with Gasteiger partial charge in [-0.15, -0.1) is 0 Å². The molecule has 0 bridgehead atoms. The molecule has 0 aromatic heterocycles. The van der Waals surface area contributed by atoms with Crippen molar-refractivity contribution in [2.45, 2.75) is 51.7 Å². The summed E-state index contributed by atoms with van der Waals surface area (Å²) < 4.78 is 16.5. The van der Waals surface area contributed by atoms with E-state index in [1.165, 1.54) is 7.11 Å². The summed E-state index contributed by atoms with van der Waals surface area (Å²) in [7, 11) is 0.869. The Morgan fingerprint density at radius 1 is 1.04 bits per heavy atom. The molecule has 1 saturated heterocycles. The van der Waals surface area contributed by atoms with E-state index in [0.717, 1.165) is 5.46 Å². The van der Waals surface area contributed by atoms with Crippen LogP contribution in [0.15, 0.2) is 24.3 Å². The minimum atomic E-state index is -0.431. The van der Waals surface area contributed by atoms with Crippen molar-refractivity contribution in [2.24, 2.45) is 0 Å². The average molecular weight is 333 g/mol. The third kappa shape index (κ3) is 4.16. The quantitative estimate of drug-likeness (QED) is 0.658. The van der Waals surface area contributed by atoms with Crippen molar-refractivity contribution in [2.75, 3.05) is 12.4 Å². The van der Waals surface area contributed by atoms with Crippen LogP contribution in [0.5, 0.6) is 0 Å². The van der Waals surface area contributed by atoms with Crippen LogP contribution >= 0.6 is 0 Å². The van der Waals surface area contributed by atoms with Crippen LogP contribution in [0.1, 0.15) is 40.5 Å². The van der Waals surface area contributed by atoms with Crippen molar-refractivity contribution in [3.05, 3.63) is 24.3 Å². The standard InChI is InChI=1S/C17H24BNO5/c1-16(2)17(3,4)24-18(23-16)12-6-8-13(9-7-12)19-14(20)10-11-15(21)22-5/h6-9H,10-11H2,1-5H3,(H,19,20). The fraction of sp³-hybridized carbons (Fsp3) is 0.529. The molecule has 1 aliphatic rings. The summed E-state index contributed by atoms with van der Waals surface area (Å²) in [6.07, 6.45) is 0.153. The van der Waals surface area contributed by atoms with E-state index in [4.69, 9.17) is 9.31 Å². The van der Waals surface area contributed by atoms with Crippen LogP contribution in [0.4, 0.5) is 5.69 Å². The SMILES string of the molecule is COC(=O)CCC(=O)Nc1ccc(B2OC(C)(C)C(C)(C)O2)cc1. The number of benzene rings is 1. The van der Waals surface area contributed by atoms with Gasteiger partial charge in [-0.25, -0.2) is 0 Å². The first-order valence-electron chi connectivity index (χ1n) is 7.97. The molecule has 0 unspecified atom stereocenters. The molecule has 0 spiro atoms. The molecule has 0 radical (unpaired) electrons. The van der Waals surface area contributed by atoms with E-state index in [1.54, 1.807) is 12.1 Å². The first-order chi connectivity index (χ1) is 11.1. The minimum Gasteiger partial charge on any atom is -0.469 e. The Balaban J connectivity index is 1.94. The van der Waals surface area contributed by atoms with Crippen LogP contribution < -0.4 is 10.8 Å². The van der Waals surface area contributed by atoms with Crippen LogP contribution in [0.2, 0.25) is 0 Å². The molecular formula is C17H24BNO5. The largest absolute Gasteiger partial charge is 0.494 e. The third-order valence-electron chi connectivity index (χ3n) is 4.50. The maximum atomic E-state index is 11.8. The molecule has 7 heteroatoms. The van der Waals surface area contributed by atoms with E-state index in [0.29, 0.717) is 5.69 Å². The number of amides is 1. The maximum Gasteiger partial charge on any atom is 0.494 e. The number of carbonyl (C=O) groups is 2. The van der Waals surface area contributed by atoms with E-state index < -0.39 is 24.3 Å². The van der Waals surface area contributed by atoms with Gasteiger partial charge < -0.3 is 19.4 Å². The van der Waals surface area contributed by atoms with Gasteiger partial charge in [-0.05, 0) is 45.3 Å². The highest BCUT2D eigenvalue weighted by Crippen LogP contribution is 2.36. The Labute approximate surface area is 143 Å². The number of esters is 1. The van der Waals surface area contributed by atoms with Crippen molar-refractivity contribution in [3.63, 3.8) is 0 Å². The van der Waals surface area contributed by atoms with E-state index in [2.05, 4.69) is 10.1 Å². The first kappa shape index (κ1) is 18.5. The van der Waals surface area contributed by atoms with Crippen LogP contribution in [-0.2, 0) is 23.6 Å². The van der Waals surface area contributed by atoms with E-state index >= 15 is 0 Å². The van der Waals surface area contributed by atoms with E-state index in [-0.39, 0.29) is 18.7 Å². The van der Waals surface area contributed by atoms with E-state index in [9.17, 15) is 9.59 Å². The second-order valence-electron chi connectivity index (χ2n) is 6.83. The molecule has 1 heterocycles. The zero-order valence-electron chi connectivity index (χ0n) is 14.8. The van der Waals surface area contributed by atoms with E-state index in [1.807, 2.05) is 39.8 Å². The fourth-order valence-corrected chi connectivity index (χ4v) is 2.24. The Morgan fingerprint density at radius 2 is 1.58 bits per heavy atom. The van der Waals surface area contributed by atoms with Gasteiger partial charge in [-0.3, -0.25) is 9.59 Å². The lowest BCUT2D eigenvalue weighted by Gasteiger charge is -2.32. The predicted molar refractivity (Wildman–Crippen MR) is 92.0 cm³/mol. The summed E-state index contributed by atoms with van der Waals surface area (Å²) in [6, 6.07) is 7.29. The zero-order valence-corrected chi connectivity index (χ0v) is 14.8. The Bertz CT molecular complexity index is 596. The lowest BCUT2D eigenvalue weighted by atomic mass is 9.79. The smallest absolute Gasteiger partial charge is 0.469 e. The van der Waals surface area contributed by atoms with Crippen LogP contribution in [0, 0.1) is 0 Å². The number of hydrogen-bond donors (Lipinski definition) is 1. The molecule has 1 aromatic carbocycles. The van der Waals surface area contributed by atoms with Crippen molar-refractivity contribution >= 4 is 30.1 Å². The Morgan fingerprint density at radius 3 is 2.08 bits per heavy atom. The zero-order chi connectivity index (χ0) is 18.0. The highest BCUT2D eigenvalue weighted by Gasteiger charge is 2.51. The lowest BCUT2D eigenvalue weighted by molar-refractivity contribution is -0.141. The van der Waals surface area contributed by atoms with Crippen molar-refractivity contribution in [1.82, 2.24) is 0 Å². The molecule has 1 aliphatic heterocycles. The van der Waals surface area contributed by atoms with Crippen LogP contribution in [0.3, 0.4) is 0 Å². The predicted octanol–water partition coefficient (Wildman–Crippen LogP) is 1.88. The Kier molecular flexibility index (Phi) is 5.35. The fourth-order valence-electron chi connectivity index (χ4n) is 2.24. The van der Waals surface area contributed by atoms with Gasteiger partial charge in [0.2, 0.25) is 5.91 Å². The second kappa shape index (κ2) is 6.95. The van der Waals surface area contributed by atoms with Gasteiger partial charge in [0.1, 0.15) is 0 Å². The molecule has 0 atom stereocenters. The molecule has 24 heavy (non-hydrogen) atoms. The molecule has 130 valence electrons. The second-order valence-corrected chi connectivity index (χ2v) is 6.83. The minimum absolute atomic E-state index is 0.0638. The summed E-state index contributed by atoms with van der Waals surface area (Å²) in [5.41, 5.74) is 0.767. The number of hydrogen-bond acceptors (Lipinski definition) is 5. The normalized spacial score (nSPS) is 18.3. The van der Waals surface area contributed by atoms with Gasteiger partial charge in [-0.2, -0.15) is 0 Å². The van der Waals surface area contributed by atoms with Gasteiger partial charge in [0.15, 0.2) is 0 Å². The summed E-state index contributed by atoms with van der Waals surface area (Å²) in [5.74, 6) is -0.634. The van der Waals surface area contributed by atoms with Crippen LogP contribution in [-0.4, -0.2) is 37.3 Å². The van der Waals surface area contributed by atoms with Crippen molar-refractivity contribution in [1.29, 1.82) is 0 Å². The topological polar surface area (TPSA) is 73.9 Å². The number of rotatable bonds is 5. The molecule has 1 aromatic rings. The third-order valence-corrected chi connectivity index (χ3v) is 4.50. The molecule has 6 nitrogen and oxygen atoms in total. The molecule has 0 aliphatic carbocycles. The number of anilines is 1. The van der Waals surface area contributed by atoms with Gasteiger partial charge in [-0.1, -0.05) is 12.1 Å². The first-order valence-corrected chi connectivity index (χ1v) is 7.97. The highest BCUT2D eigenvalue weighted by atomic mass is 16.7. The van der Waals surface area contributed by atoms with Crippen LogP contribution in [0.25, 0.3) is 0 Å². The average Bonchev–Trinajstić information content (AvgIpc) is 2.73. The number of ether oxygens (including phenoxy) is 1. The summed E-state index contributed by atoms with van der Waals surface area (Å²) >= 11 is 0. The van der Waals surface area contributed by atoms with Crippen molar-refractivity contribution in [3.8, 4) is 0 Å². The van der Waals surface area contributed by atoms with Gasteiger partial charge >= 0.3 is 13.1 Å². The number of nitrogens with one attached hydrogen (secondary N) is 1. The number of methoxy groups -OCH3 is 1. The highest BCUT2D eigenvalue weighted by molar-refractivity contribution is 6.62. The molecule has 2 rings (SSSR count). The van der Waals surface area contributed by atoms with Crippen molar-refractivity contribution < 1.29 is 23.6 Å². The number of carbonyl (C=O) groups excluding carboxylic acids is 2. The summed E-state index contributed by atoms with van der Waals surface area (Å²) in [6.45, 7) is 8.01. The maximum absolute atomic E-state index is 11.8. The molecule has 1 fully saturated rings. The summed E-state index contributed by atoms with van der Waals surface area (Å²) in [4.78, 5) is 22.8. The Hall–Kier alpha value is -1.86. The summed E-state index contributed by atoms with van der Waals surface area (Å²) in [5, 5.41) is 2.74.